The van der Waals surface area contributed by atoms with Crippen LogP contribution in [0.1, 0.15) is 26.7 Å². The van der Waals surface area contributed by atoms with Gasteiger partial charge in [0.1, 0.15) is 0 Å². The summed E-state index contributed by atoms with van der Waals surface area (Å²) in [6.07, 6.45) is 2.67. The maximum absolute atomic E-state index is 7.09. The monoisotopic (exact) mass is 620 g/mol. The first-order valence-corrected chi connectivity index (χ1v) is 28.5. The van der Waals surface area contributed by atoms with Crippen LogP contribution in [-0.4, -0.2) is 81.1 Å². The molecule has 0 radical (unpaired) electrons. The summed E-state index contributed by atoms with van der Waals surface area (Å²) in [6.45, 7) is 28.2. The highest BCUT2D eigenvalue weighted by Crippen LogP contribution is 2.26. The molecule has 0 heterocycles. The molecule has 0 aliphatic carbocycles. The Morgan fingerprint density at radius 3 is 1.82 bits per heavy atom. The van der Waals surface area contributed by atoms with Crippen LogP contribution in [-0.2, 0) is 30.7 Å². The van der Waals surface area contributed by atoms with Gasteiger partial charge in [0.15, 0.2) is 16.6 Å². The Balaban J connectivity index is 2.99. The third kappa shape index (κ3) is 15.7. The molecule has 0 bridgehead atoms. The van der Waals surface area contributed by atoms with Crippen LogP contribution in [0.25, 0.3) is 0 Å². The van der Waals surface area contributed by atoms with E-state index in [0.29, 0.717) is 26.1 Å². The summed E-state index contributed by atoms with van der Waals surface area (Å²) in [6, 6.07) is 10.3. The number of hydrogen-bond acceptors (Lipinski definition) is 7. The summed E-state index contributed by atoms with van der Waals surface area (Å²) in [7, 11) is -11.9. The first-order chi connectivity index (χ1) is 17.4. The Labute approximate surface area is 238 Å². The highest BCUT2D eigenvalue weighted by molar-refractivity contribution is 6.95. The molecule has 0 N–H and O–H groups in total. The molecule has 7 nitrogen and oxygen atoms in total. The molecule has 1 rings (SSSR count). The molecule has 12 heteroatoms. The van der Waals surface area contributed by atoms with E-state index < -0.39 is 42.3 Å². The molecule has 0 amide bonds. The minimum absolute atomic E-state index is 0.0784. The lowest BCUT2D eigenvalue weighted by atomic mass is 10.3. The topological polar surface area (TPSA) is 64.6 Å². The van der Waals surface area contributed by atoms with Crippen molar-refractivity contribution >= 4 is 47.5 Å². The molecule has 0 aliphatic rings. The van der Waals surface area contributed by atoms with Crippen LogP contribution in [0.3, 0.4) is 0 Å². The summed E-state index contributed by atoms with van der Waals surface area (Å²) in [5.74, 6) is 0. The van der Waals surface area contributed by atoms with E-state index in [9.17, 15) is 0 Å². The fourth-order valence-electron chi connectivity index (χ4n) is 4.34. The Bertz CT molecular complexity index is 788. The number of hydrogen-bond donors (Lipinski definition) is 0. The standard InChI is InChI=1S/C26H56O7Si5/c1-13-14-20-29-25(2)23-27-21-22-28-24-37(11,32-36(9,10)30-34(3,4)5)33-38(12,31-35(6,7)8)26-18-16-15-17-19-26/h15-19,25H,13-14,20-24H2,1-12H3. The quantitative estimate of drug-likeness (QED) is 0.126. The molecule has 38 heavy (non-hydrogen) atoms. The molecule has 0 aromatic heterocycles. The molecule has 0 saturated carbocycles. The molecule has 3 atom stereocenters. The first kappa shape index (κ1) is 36.1. The summed E-state index contributed by atoms with van der Waals surface area (Å²) < 4.78 is 45.1. The Hall–Kier alpha value is 0.0244. The fraction of sp³-hybridized carbons (Fsp3) is 0.769. The molecule has 222 valence electrons. The number of rotatable bonds is 20. The van der Waals surface area contributed by atoms with Gasteiger partial charge in [-0.1, -0.05) is 43.7 Å². The largest absolute Gasteiger partial charge is 0.437 e. The van der Waals surface area contributed by atoms with Crippen molar-refractivity contribution in [1.29, 1.82) is 0 Å². The SMILES string of the molecule is CCCCOC(C)COCCOC[Si](C)(O[Si](C)(C)O[Si](C)(C)C)O[Si](C)(O[Si](C)(C)C)c1ccccc1. The van der Waals surface area contributed by atoms with Gasteiger partial charge in [0.2, 0.25) is 0 Å². The smallest absolute Gasteiger partial charge is 0.350 e. The van der Waals surface area contributed by atoms with Gasteiger partial charge in [-0.2, -0.15) is 0 Å². The van der Waals surface area contributed by atoms with E-state index in [-0.39, 0.29) is 6.10 Å². The van der Waals surface area contributed by atoms with Gasteiger partial charge >= 0.3 is 25.7 Å². The zero-order valence-electron chi connectivity index (χ0n) is 26.3. The highest BCUT2D eigenvalue weighted by atomic mass is 28.5. The lowest BCUT2D eigenvalue weighted by molar-refractivity contribution is -0.0220. The van der Waals surface area contributed by atoms with E-state index in [2.05, 4.69) is 84.5 Å². The van der Waals surface area contributed by atoms with Crippen LogP contribution in [0, 0.1) is 0 Å². The van der Waals surface area contributed by atoms with Crippen molar-refractivity contribution in [2.45, 2.75) is 98.3 Å². The first-order valence-electron chi connectivity index (χ1n) is 14.0. The fourth-order valence-corrected chi connectivity index (χ4v) is 26.7. The molecule has 0 fully saturated rings. The second-order valence-electron chi connectivity index (χ2n) is 12.6. The molecule has 0 aliphatic heterocycles. The normalized spacial score (nSPS) is 17.2. The van der Waals surface area contributed by atoms with Crippen LogP contribution in [0.5, 0.6) is 0 Å². The van der Waals surface area contributed by atoms with Gasteiger partial charge in [-0.25, -0.2) is 0 Å². The summed E-state index contributed by atoms with van der Waals surface area (Å²) in [5.41, 5.74) is 0. The van der Waals surface area contributed by atoms with E-state index >= 15 is 0 Å². The van der Waals surface area contributed by atoms with Gasteiger partial charge in [0.25, 0.3) is 0 Å². The van der Waals surface area contributed by atoms with Crippen molar-refractivity contribution in [2.75, 3.05) is 32.7 Å². The van der Waals surface area contributed by atoms with Gasteiger partial charge in [-0.05, 0) is 84.0 Å². The lowest BCUT2D eigenvalue weighted by Gasteiger charge is -2.44. The molecule has 0 spiro atoms. The number of ether oxygens (including phenoxy) is 3. The average molecular weight is 621 g/mol. The minimum atomic E-state index is -2.89. The van der Waals surface area contributed by atoms with Gasteiger partial charge < -0.3 is 30.7 Å². The van der Waals surface area contributed by atoms with E-state index in [1.54, 1.807) is 0 Å². The zero-order chi connectivity index (χ0) is 29.1. The second kappa shape index (κ2) is 15.9. The van der Waals surface area contributed by atoms with Crippen molar-refractivity contribution < 1.29 is 30.7 Å². The third-order valence-corrected chi connectivity index (χ3v) is 22.7. The second-order valence-corrected chi connectivity index (χ2v) is 32.2. The van der Waals surface area contributed by atoms with Crippen LogP contribution < -0.4 is 5.19 Å². The number of unbranched alkanes of at least 4 members (excludes halogenated alkanes) is 1. The predicted molar refractivity (Wildman–Crippen MR) is 170 cm³/mol. The van der Waals surface area contributed by atoms with Crippen molar-refractivity contribution in [2.24, 2.45) is 0 Å². The molecular weight excluding hydrogens is 565 g/mol. The van der Waals surface area contributed by atoms with Crippen molar-refractivity contribution in [3.8, 4) is 0 Å². The molecule has 1 aromatic carbocycles. The molecule has 0 saturated heterocycles. The van der Waals surface area contributed by atoms with E-state index in [0.717, 1.165) is 24.6 Å². The maximum atomic E-state index is 7.09. The Morgan fingerprint density at radius 2 is 1.26 bits per heavy atom. The van der Waals surface area contributed by atoms with E-state index in [1.807, 2.05) is 25.1 Å². The van der Waals surface area contributed by atoms with Gasteiger partial charge in [-0.15, -0.1) is 0 Å². The van der Waals surface area contributed by atoms with Crippen LogP contribution in [0.4, 0.5) is 0 Å². The summed E-state index contributed by atoms with van der Waals surface area (Å²) in [5, 5.41) is 1.11. The van der Waals surface area contributed by atoms with Gasteiger partial charge in [-0.3, -0.25) is 0 Å². The number of benzene rings is 1. The zero-order valence-corrected chi connectivity index (χ0v) is 31.3. The van der Waals surface area contributed by atoms with Gasteiger partial charge in [0.05, 0.1) is 32.2 Å². The lowest BCUT2D eigenvalue weighted by Crippen LogP contribution is -2.66. The third-order valence-electron chi connectivity index (χ3n) is 5.21. The van der Waals surface area contributed by atoms with Crippen molar-refractivity contribution in [3.05, 3.63) is 30.3 Å². The van der Waals surface area contributed by atoms with Crippen LogP contribution in [0.2, 0.25) is 65.5 Å². The summed E-state index contributed by atoms with van der Waals surface area (Å²) in [4.78, 5) is 0. The predicted octanol–water partition coefficient (Wildman–Crippen LogP) is 6.25. The highest BCUT2D eigenvalue weighted by Gasteiger charge is 2.50. The summed E-state index contributed by atoms with van der Waals surface area (Å²) >= 11 is 0. The Morgan fingerprint density at radius 1 is 0.684 bits per heavy atom. The maximum Gasteiger partial charge on any atom is 0.350 e. The van der Waals surface area contributed by atoms with E-state index in [1.165, 1.54) is 0 Å². The molecule has 3 unspecified atom stereocenters. The van der Waals surface area contributed by atoms with Crippen molar-refractivity contribution in [1.82, 2.24) is 0 Å². The minimum Gasteiger partial charge on any atom is -0.437 e. The Kier molecular flexibility index (Phi) is 15.1. The van der Waals surface area contributed by atoms with Crippen molar-refractivity contribution in [3.63, 3.8) is 0 Å². The van der Waals surface area contributed by atoms with Gasteiger partial charge in [0, 0.05) is 6.61 Å². The van der Waals surface area contributed by atoms with Crippen LogP contribution in [0.15, 0.2) is 30.3 Å². The molecular formula is C26H56O7Si5. The average Bonchev–Trinajstić information content (AvgIpc) is 2.73. The molecule has 1 aromatic rings. The van der Waals surface area contributed by atoms with E-state index in [4.69, 9.17) is 30.7 Å². The van der Waals surface area contributed by atoms with Crippen LogP contribution >= 0.6 is 0 Å².